The molecule has 0 aliphatic carbocycles. The summed E-state index contributed by atoms with van der Waals surface area (Å²) in [5, 5.41) is 10.1. The van der Waals surface area contributed by atoms with Crippen molar-refractivity contribution in [3.8, 4) is 0 Å². The molecule has 2 rings (SSSR count). The van der Waals surface area contributed by atoms with Gasteiger partial charge in [-0.05, 0) is 18.2 Å². The molecule has 0 radical (unpaired) electrons. The van der Waals surface area contributed by atoms with E-state index in [9.17, 15) is 5.11 Å². The van der Waals surface area contributed by atoms with E-state index in [-0.39, 0.29) is 0 Å². The summed E-state index contributed by atoms with van der Waals surface area (Å²) >= 11 is 0. The predicted octanol–water partition coefficient (Wildman–Crippen LogP) is 2.85. The Kier molecular flexibility index (Phi) is 4.51. The maximum atomic E-state index is 10.1. The highest BCUT2D eigenvalue weighted by Crippen LogP contribution is 2.14. The number of nitrogens with zero attached hydrogens (tertiary/aromatic N) is 1. The van der Waals surface area contributed by atoms with E-state index >= 15 is 0 Å². The lowest BCUT2D eigenvalue weighted by atomic mass is 10.1. The SMILES string of the molecule is CN(Cc1ccccc1)C[C@H](O)c1ccccc1. The van der Waals surface area contributed by atoms with Crippen LogP contribution in [-0.2, 0) is 6.54 Å². The lowest BCUT2D eigenvalue weighted by Crippen LogP contribution is -2.24. The van der Waals surface area contributed by atoms with Crippen LogP contribution in [0.3, 0.4) is 0 Å². The molecule has 94 valence electrons. The van der Waals surface area contributed by atoms with Crippen LogP contribution in [0, 0.1) is 0 Å². The van der Waals surface area contributed by atoms with Crippen LogP contribution in [0.2, 0.25) is 0 Å². The molecular weight excluding hydrogens is 222 g/mol. The van der Waals surface area contributed by atoms with Crippen LogP contribution in [0.15, 0.2) is 60.7 Å². The van der Waals surface area contributed by atoms with E-state index in [2.05, 4.69) is 17.0 Å². The van der Waals surface area contributed by atoms with Gasteiger partial charge in [-0.2, -0.15) is 0 Å². The zero-order chi connectivity index (χ0) is 12.8. The number of rotatable bonds is 5. The van der Waals surface area contributed by atoms with Crippen LogP contribution in [0.4, 0.5) is 0 Å². The molecule has 1 N–H and O–H groups in total. The van der Waals surface area contributed by atoms with Crippen molar-refractivity contribution in [2.45, 2.75) is 12.6 Å². The number of likely N-dealkylation sites (N-methyl/N-ethyl adjacent to an activating group) is 1. The van der Waals surface area contributed by atoms with E-state index in [0.717, 1.165) is 12.1 Å². The maximum absolute atomic E-state index is 10.1. The molecule has 2 nitrogen and oxygen atoms in total. The van der Waals surface area contributed by atoms with Crippen molar-refractivity contribution >= 4 is 0 Å². The van der Waals surface area contributed by atoms with Gasteiger partial charge in [0.1, 0.15) is 0 Å². The van der Waals surface area contributed by atoms with Gasteiger partial charge in [0.2, 0.25) is 0 Å². The Morgan fingerprint density at radius 3 is 2.11 bits per heavy atom. The Morgan fingerprint density at radius 2 is 1.50 bits per heavy atom. The summed E-state index contributed by atoms with van der Waals surface area (Å²) < 4.78 is 0. The highest BCUT2D eigenvalue weighted by Gasteiger charge is 2.10. The third kappa shape index (κ3) is 3.69. The highest BCUT2D eigenvalue weighted by molar-refractivity contribution is 5.18. The molecule has 0 saturated heterocycles. The first-order valence-electron chi connectivity index (χ1n) is 6.21. The number of hydrogen-bond donors (Lipinski definition) is 1. The zero-order valence-electron chi connectivity index (χ0n) is 10.7. The molecule has 0 fully saturated rings. The van der Waals surface area contributed by atoms with Crippen molar-refractivity contribution in [1.29, 1.82) is 0 Å². The van der Waals surface area contributed by atoms with E-state index in [1.165, 1.54) is 5.56 Å². The first-order valence-corrected chi connectivity index (χ1v) is 6.21. The smallest absolute Gasteiger partial charge is 0.0916 e. The van der Waals surface area contributed by atoms with Gasteiger partial charge in [0.25, 0.3) is 0 Å². The van der Waals surface area contributed by atoms with Crippen LogP contribution in [0.5, 0.6) is 0 Å². The van der Waals surface area contributed by atoms with Crippen molar-refractivity contribution in [1.82, 2.24) is 4.90 Å². The third-order valence-electron chi connectivity index (χ3n) is 2.96. The van der Waals surface area contributed by atoms with Crippen LogP contribution in [0.25, 0.3) is 0 Å². The summed E-state index contributed by atoms with van der Waals surface area (Å²) in [6.45, 7) is 1.49. The molecule has 0 aromatic heterocycles. The molecule has 2 aromatic rings. The molecule has 0 aliphatic heterocycles. The number of hydrogen-bond acceptors (Lipinski definition) is 2. The van der Waals surface area contributed by atoms with Crippen molar-refractivity contribution < 1.29 is 5.11 Å². The summed E-state index contributed by atoms with van der Waals surface area (Å²) in [6, 6.07) is 20.1. The fourth-order valence-electron chi connectivity index (χ4n) is 2.04. The first kappa shape index (κ1) is 12.8. The van der Waals surface area contributed by atoms with Gasteiger partial charge >= 0.3 is 0 Å². The van der Waals surface area contributed by atoms with E-state index in [4.69, 9.17) is 0 Å². The molecule has 1 atom stereocenters. The lowest BCUT2D eigenvalue weighted by molar-refractivity contribution is 0.124. The molecule has 0 saturated carbocycles. The number of aliphatic hydroxyl groups excluding tert-OH is 1. The maximum Gasteiger partial charge on any atom is 0.0916 e. The average molecular weight is 241 g/mol. The molecule has 0 amide bonds. The fraction of sp³-hybridized carbons (Fsp3) is 0.250. The Labute approximate surface area is 109 Å². The fourth-order valence-corrected chi connectivity index (χ4v) is 2.04. The van der Waals surface area contributed by atoms with E-state index < -0.39 is 6.10 Å². The summed E-state index contributed by atoms with van der Waals surface area (Å²) in [5.74, 6) is 0. The van der Waals surface area contributed by atoms with Gasteiger partial charge in [0.05, 0.1) is 6.10 Å². The van der Waals surface area contributed by atoms with Gasteiger partial charge in [-0.3, -0.25) is 4.90 Å². The monoisotopic (exact) mass is 241 g/mol. The normalized spacial score (nSPS) is 12.6. The largest absolute Gasteiger partial charge is 0.387 e. The summed E-state index contributed by atoms with van der Waals surface area (Å²) in [5.41, 5.74) is 2.23. The quantitative estimate of drug-likeness (QED) is 0.870. The van der Waals surface area contributed by atoms with Crippen molar-refractivity contribution in [2.75, 3.05) is 13.6 Å². The van der Waals surface area contributed by atoms with Crippen molar-refractivity contribution in [3.63, 3.8) is 0 Å². The minimum absolute atomic E-state index is 0.431. The van der Waals surface area contributed by atoms with Gasteiger partial charge in [-0.25, -0.2) is 0 Å². The number of aliphatic hydroxyl groups is 1. The molecular formula is C16H19NO. The molecule has 18 heavy (non-hydrogen) atoms. The first-order chi connectivity index (χ1) is 8.75. The third-order valence-corrected chi connectivity index (χ3v) is 2.96. The topological polar surface area (TPSA) is 23.5 Å². The minimum atomic E-state index is -0.431. The Balaban J connectivity index is 1.90. The van der Waals surface area contributed by atoms with E-state index in [1.807, 2.05) is 55.6 Å². The minimum Gasteiger partial charge on any atom is -0.387 e. The Bertz CT molecular complexity index is 455. The lowest BCUT2D eigenvalue weighted by Gasteiger charge is -2.20. The van der Waals surface area contributed by atoms with E-state index in [1.54, 1.807) is 0 Å². The number of benzene rings is 2. The molecule has 0 bridgehead atoms. The predicted molar refractivity (Wildman–Crippen MR) is 74.2 cm³/mol. The summed E-state index contributed by atoms with van der Waals surface area (Å²) in [6.07, 6.45) is -0.431. The van der Waals surface area contributed by atoms with Crippen molar-refractivity contribution in [2.24, 2.45) is 0 Å². The highest BCUT2D eigenvalue weighted by atomic mass is 16.3. The molecule has 0 aliphatic rings. The Hall–Kier alpha value is -1.64. The molecule has 2 aromatic carbocycles. The van der Waals surface area contributed by atoms with Gasteiger partial charge in [0.15, 0.2) is 0 Å². The standard InChI is InChI=1S/C16H19NO/c1-17(12-14-8-4-2-5-9-14)13-16(18)15-10-6-3-7-11-15/h2-11,16,18H,12-13H2,1H3/t16-/m0/s1. The van der Waals surface area contributed by atoms with Gasteiger partial charge in [-0.15, -0.1) is 0 Å². The van der Waals surface area contributed by atoms with Crippen LogP contribution in [0.1, 0.15) is 17.2 Å². The molecule has 0 unspecified atom stereocenters. The van der Waals surface area contributed by atoms with E-state index in [0.29, 0.717) is 6.54 Å². The van der Waals surface area contributed by atoms with Crippen LogP contribution >= 0.6 is 0 Å². The van der Waals surface area contributed by atoms with Crippen LogP contribution in [-0.4, -0.2) is 23.6 Å². The second-order valence-corrected chi connectivity index (χ2v) is 4.61. The zero-order valence-corrected chi connectivity index (χ0v) is 10.7. The second-order valence-electron chi connectivity index (χ2n) is 4.61. The summed E-state index contributed by atoms with van der Waals surface area (Å²) in [7, 11) is 2.03. The van der Waals surface area contributed by atoms with Gasteiger partial charge in [-0.1, -0.05) is 60.7 Å². The molecule has 0 heterocycles. The molecule has 0 spiro atoms. The second kappa shape index (κ2) is 6.34. The Morgan fingerprint density at radius 1 is 0.944 bits per heavy atom. The summed E-state index contributed by atoms with van der Waals surface area (Å²) in [4.78, 5) is 2.13. The molecule has 2 heteroatoms. The van der Waals surface area contributed by atoms with Gasteiger partial charge < -0.3 is 5.11 Å². The van der Waals surface area contributed by atoms with Gasteiger partial charge in [0, 0.05) is 13.1 Å². The van der Waals surface area contributed by atoms with Crippen molar-refractivity contribution in [3.05, 3.63) is 71.8 Å². The van der Waals surface area contributed by atoms with Crippen LogP contribution < -0.4 is 0 Å². The average Bonchev–Trinajstić information content (AvgIpc) is 2.40.